The van der Waals surface area contributed by atoms with Crippen LogP contribution in [0, 0.1) is 0 Å². The van der Waals surface area contributed by atoms with E-state index >= 15 is 0 Å². The second-order valence-corrected chi connectivity index (χ2v) is 4.87. The smallest absolute Gasteiger partial charge is 0.343 e. The Morgan fingerprint density at radius 1 is 1.20 bits per heavy atom. The average Bonchev–Trinajstić information content (AvgIpc) is 2.16. The highest BCUT2D eigenvalue weighted by molar-refractivity contribution is 7.53. The first-order valence-corrected chi connectivity index (χ1v) is 6.86. The Morgan fingerprint density at radius 3 is 2.00 bits per heavy atom. The summed E-state index contributed by atoms with van der Waals surface area (Å²) >= 11 is 0. The first-order chi connectivity index (χ1) is 6.97. The molecule has 2 unspecified atom stereocenters. The number of ether oxygens (including phenoxy) is 2. The molecule has 0 aromatic rings. The zero-order valence-corrected chi connectivity index (χ0v) is 10.7. The van der Waals surface area contributed by atoms with Crippen molar-refractivity contribution in [1.29, 1.82) is 0 Å². The number of hydrogen-bond acceptors (Lipinski definition) is 4. The Balaban J connectivity index is 4.40. The highest BCUT2D eigenvalue weighted by Gasteiger charge is 2.35. The minimum Gasteiger partial charge on any atom is -0.343 e. The summed E-state index contributed by atoms with van der Waals surface area (Å²) in [6.45, 7) is 7.68. The van der Waals surface area contributed by atoms with Crippen LogP contribution in [0.4, 0.5) is 0 Å². The molecule has 0 spiro atoms. The van der Waals surface area contributed by atoms with Crippen LogP contribution in [0.1, 0.15) is 34.1 Å². The first kappa shape index (κ1) is 15.1. The van der Waals surface area contributed by atoms with E-state index in [1.807, 2.05) is 6.92 Å². The molecule has 0 heterocycles. The van der Waals surface area contributed by atoms with Gasteiger partial charge in [-0.1, -0.05) is 6.92 Å². The van der Waals surface area contributed by atoms with E-state index in [9.17, 15) is 9.46 Å². The van der Waals surface area contributed by atoms with Crippen LogP contribution in [0.2, 0.25) is 0 Å². The lowest BCUT2D eigenvalue weighted by Gasteiger charge is -2.24. The second-order valence-electron chi connectivity index (χ2n) is 3.11. The lowest BCUT2D eigenvalue weighted by molar-refractivity contribution is -0.0980. The summed E-state index contributed by atoms with van der Waals surface area (Å²) in [5, 5.41) is 0. The Kier molecular flexibility index (Phi) is 7.40. The van der Waals surface area contributed by atoms with E-state index in [1.54, 1.807) is 20.8 Å². The third kappa shape index (κ3) is 5.64. The van der Waals surface area contributed by atoms with Crippen molar-refractivity contribution in [2.45, 2.75) is 46.3 Å². The van der Waals surface area contributed by atoms with E-state index in [1.165, 1.54) is 0 Å². The van der Waals surface area contributed by atoms with E-state index in [4.69, 9.17) is 14.0 Å². The molecule has 15 heavy (non-hydrogen) atoms. The molecule has 5 nitrogen and oxygen atoms in total. The molecule has 0 rings (SSSR count). The molecule has 1 N–H and O–H groups in total. The van der Waals surface area contributed by atoms with E-state index in [0.717, 1.165) is 0 Å². The molecule has 6 heteroatoms. The number of hydrogen-bond donors (Lipinski definition) is 1. The minimum absolute atomic E-state index is 0.288. The van der Waals surface area contributed by atoms with Crippen LogP contribution in [0.25, 0.3) is 0 Å². The Morgan fingerprint density at radius 2 is 1.67 bits per heavy atom. The van der Waals surface area contributed by atoms with Crippen LogP contribution in [-0.4, -0.2) is 30.2 Å². The Hall–Kier alpha value is 0.0700. The van der Waals surface area contributed by atoms with Gasteiger partial charge in [0.1, 0.15) is 0 Å². The predicted octanol–water partition coefficient (Wildman–Crippen LogP) is 2.34. The minimum atomic E-state index is -3.85. The van der Waals surface area contributed by atoms with Crippen molar-refractivity contribution in [3.8, 4) is 0 Å². The molecule has 0 radical (unpaired) electrons. The molecule has 0 aliphatic rings. The standard InChI is InChI=1S/C9H21O5P/c1-5-8(4)14-15(10,11)9(12-6-2)13-7-3/h8-9H,5-7H2,1-4H3,(H,10,11). The average molecular weight is 240 g/mol. The summed E-state index contributed by atoms with van der Waals surface area (Å²) < 4.78 is 26.8. The molecule has 0 aliphatic heterocycles. The molecular weight excluding hydrogens is 219 g/mol. The van der Waals surface area contributed by atoms with Gasteiger partial charge in [0.25, 0.3) is 6.03 Å². The zero-order chi connectivity index (χ0) is 11.9. The maximum atomic E-state index is 11.7. The van der Waals surface area contributed by atoms with Crippen molar-refractivity contribution in [1.82, 2.24) is 0 Å². The maximum Gasteiger partial charge on any atom is 0.384 e. The Labute approximate surface area is 91.3 Å². The molecule has 0 aliphatic carbocycles. The molecule has 0 amide bonds. The lowest BCUT2D eigenvalue weighted by atomic mass is 10.3. The van der Waals surface area contributed by atoms with Gasteiger partial charge in [0.15, 0.2) is 0 Å². The van der Waals surface area contributed by atoms with Gasteiger partial charge in [-0.15, -0.1) is 0 Å². The van der Waals surface area contributed by atoms with Crippen LogP contribution in [0.5, 0.6) is 0 Å². The van der Waals surface area contributed by atoms with Crippen LogP contribution < -0.4 is 0 Å². The van der Waals surface area contributed by atoms with Crippen molar-refractivity contribution >= 4 is 7.60 Å². The van der Waals surface area contributed by atoms with E-state index < -0.39 is 13.6 Å². The van der Waals surface area contributed by atoms with Crippen molar-refractivity contribution < 1.29 is 23.5 Å². The Bertz CT molecular complexity index is 203. The molecular formula is C9H21O5P. The van der Waals surface area contributed by atoms with Gasteiger partial charge >= 0.3 is 7.60 Å². The maximum absolute atomic E-state index is 11.7. The van der Waals surface area contributed by atoms with Gasteiger partial charge in [-0.2, -0.15) is 0 Å². The van der Waals surface area contributed by atoms with Gasteiger partial charge in [0.2, 0.25) is 0 Å². The van der Waals surface area contributed by atoms with Crippen molar-refractivity contribution in [2.75, 3.05) is 13.2 Å². The van der Waals surface area contributed by atoms with Crippen LogP contribution in [0.15, 0.2) is 0 Å². The van der Waals surface area contributed by atoms with Crippen molar-refractivity contribution in [2.24, 2.45) is 0 Å². The largest absolute Gasteiger partial charge is 0.384 e. The highest BCUT2D eigenvalue weighted by atomic mass is 31.2. The quantitative estimate of drug-likeness (QED) is 0.521. The summed E-state index contributed by atoms with van der Waals surface area (Å²) in [5.74, 6) is 0. The van der Waals surface area contributed by atoms with Gasteiger partial charge in [-0.3, -0.25) is 4.57 Å². The highest BCUT2D eigenvalue weighted by Crippen LogP contribution is 2.49. The third-order valence-corrected chi connectivity index (χ3v) is 3.28. The fourth-order valence-electron chi connectivity index (χ4n) is 0.904. The summed E-state index contributed by atoms with van der Waals surface area (Å²) in [7, 11) is -3.85. The molecule has 0 bridgehead atoms. The van der Waals surface area contributed by atoms with Gasteiger partial charge in [-0.05, 0) is 27.2 Å². The molecule has 0 fully saturated rings. The van der Waals surface area contributed by atoms with Crippen LogP contribution >= 0.6 is 7.60 Å². The molecule has 2 atom stereocenters. The lowest BCUT2D eigenvalue weighted by Crippen LogP contribution is -2.21. The van der Waals surface area contributed by atoms with Gasteiger partial charge in [0.05, 0.1) is 6.10 Å². The van der Waals surface area contributed by atoms with E-state index in [-0.39, 0.29) is 6.10 Å². The summed E-state index contributed by atoms with van der Waals surface area (Å²) in [6.07, 6.45) is 0.374. The van der Waals surface area contributed by atoms with Crippen molar-refractivity contribution in [3.05, 3.63) is 0 Å². The predicted molar refractivity (Wildman–Crippen MR) is 57.7 cm³/mol. The molecule has 92 valence electrons. The molecule has 0 saturated heterocycles. The van der Waals surface area contributed by atoms with E-state index in [0.29, 0.717) is 19.6 Å². The SMILES string of the molecule is CCOC(OCC)P(=O)(O)OC(C)CC. The van der Waals surface area contributed by atoms with Crippen molar-refractivity contribution in [3.63, 3.8) is 0 Å². The van der Waals surface area contributed by atoms with E-state index in [2.05, 4.69) is 0 Å². The number of rotatable bonds is 8. The fourth-order valence-corrected chi connectivity index (χ4v) is 2.34. The molecule has 0 saturated carbocycles. The third-order valence-electron chi connectivity index (χ3n) is 1.79. The van der Waals surface area contributed by atoms with Gasteiger partial charge < -0.3 is 18.9 Å². The summed E-state index contributed by atoms with van der Waals surface area (Å²) in [5.41, 5.74) is 0. The fraction of sp³-hybridized carbons (Fsp3) is 1.00. The second kappa shape index (κ2) is 7.36. The summed E-state index contributed by atoms with van der Waals surface area (Å²) in [6, 6.07) is -1.18. The van der Waals surface area contributed by atoms with Gasteiger partial charge in [-0.25, -0.2) is 0 Å². The summed E-state index contributed by atoms with van der Waals surface area (Å²) in [4.78, 5) is 9.62. The van der Waals surface area contributed by atoms with Gasteiger partial charge in [0, 0.05) is 13.2 Å². The zero-order valence-electron chi connectivity index (χ0n) is 9.80. The molecule has 0 aromatic carbocycles. The normalized spacial score (nSPS) is 17.7. The monoisotopic (exact) mass is 240 g/mol. The van der Waals surface area contributed by atoms with Crippen LogP contribution in [0.3, 0.4) is 0 Å². The molecule has 0 aromatic heterocycles. The topological polar surface area (TPSA) is 65.0 Å². The first-order valence-electron chi connectivity index (χ1n) is 5.21. The van der Waals surface area contributed by atoms with Crippen LogP contribution in [-0.2, 0) is 18.6 Å².